The average molecular weight is 286 g/mol. The van der Waals surface area contributed by atoms with Crippen LogP contribution >= 0.6 is 0 Å². The summed E-state index contributed by atoms with van der Waals surface area (Å²) in [4.78, 5) is 0.0179. The first-order valence-corrected chi connectivity index (χ1v) is 7.73. The Morgan fingerprint density at radius 1 is 1.00 bits per heavy atom. The smallest absolute Gasteiger partial charge is 0.282 e. The summed E-state index contributed by atoms with van der Waals surface area (Å²) < 4.78 is 33.3. The first kappa shape index (κ1) is 13.1. The molecule has 0 bridgehead atoms. The average Bonchev–Trinajstić information content (AvgIpc) is 2.86. The molecule has 0 unspecified atom stereocenters. The van der Waals surface area contributed by atoms with Gasteiger partial charge in [0.05, 0.1) is 0 Å². The molecule has 1 aromatic carbocycles. The molecule has 0 atom stereocenters. The zero-order valence-corrected chi connectivity index (χ0v) is 12.0. The Balaban J connectivity index is 2.34. The lowest BCUT2D eigenvalue weighted by Gasteiger charge is -2.08. The van der Waals surface area contributed by atoms with Gasteiger partial charge in [0.2, 0.25) is 0 Å². The van der Waals surface area contributed by atoms with Crippen LogP contribution in [-0.2, 0) is 10.1 Å². The Labute approximate surface area is 118 Å². The topological polar surface area (TPSA) is 54.4 Å². The van der Waals surface area contributed by atoms with Gasteiger partial charge in [0, 0.05) is 11.1 Å². The number of fused-ring (bicyclic) bond motifs is 1. The van der Waals surface area contributed by atoms with Crippen LogP contribution in [0.25, 0.3) is 5.57 Å². The second-order valence-electron chi connectivity index (χ2n) is 5.03. The monoisotopic (exact) mass is 286 g/mol. The predicted octanol–water partition coefficient (Wildman–Crippen LogP) is 3.50. The molecule has 102 valence electrons. The molecule has 0 saturated heterocycles. The maximum atomic E-state index is 11.8. The van der Waals surface area contributed by atoms with Gasteiger partial charge in [-0.3, -0.25) is 4.55 Å². The van der Waals surface area contributed by atoms with Crippen molar-refractivity contribution in [1.29, 1.82) is 0 Å². The largest absolute Gasteiger partial charge is 0.295 e. The van der Waals surface area contributed by atoms with E-state index in [9.17, 15) is 13.0 Å². The molecular weight excluding hydrogens is 272 g/mol. The lowest BCUT2D eigenvalue weighted by Crippen LogP contribution is -2.04. The summed E-state index contributed by atoms with van der Waals surface area (Å²) in [5, 5.41) is 0. The summed E-state index contributed by atoms with van der Waals surface area (Å²) in [7, 11) is -4.27. The second kappa shape index (κ2) is 4.30. The molecule has 20 heavy (non-hydrogen) atoms. The standard InChI is InChI=1S/C16H14O3S/c1-10-8-13-11(2)15(12-6-4-3-5-7-12)16(14(13)9-10)20(17,18)19/h3-9H,1-2H3,(H,17,18,19). The Kier molecular flexibility index (Phi) is 2.81. The van der Waals surface area contributed by atoms with Gasteiger partial charge in [0.25, 0.3) is 10.1 Å². The van der Waals surface area contributed by atoms with E-state index in [0.717, 1.165) is 22.3 Å². The Hall–Kier alpha value is -1.91. The van der Waals surface area contributed by atoms with E-state index in [0.29, 0.717) is 11.1 Å². The van der Waals surface area contributed by atoms with E-state index in [-0.39, 0.29) is 4.91 Å². The van der Waals surface area contributed by atoms with Gasteiger partial charge in [0.15, 0.2) is 0 Å². The van der Waals surface area contributed by atoms with Crippen molar-refractivity contribution in [2.45, 2.75) is 13.8 Å². The first-order chi connectivity index (χ1) is 9.39. The highest BCUT2D eigenvalue weighted by molar-refractivity contribution is 7.90. The van der Waals surface area contributed by atoms with Crippen LogP contribution in [0.1, 0.15) is 19.4 Å². The number of benzene rings is 1. The minimum absolute atomic E-state index is 0.0179. The van der Waals surface area contributed by atoms with Gasteiger partial charge in [-0.15, -0.1) is 0 Å². The van der Waals surface area contributed by atoms with Gasteiger partial charge < -0.3 is 0 Å². The van der Waals surface area contributed by atoms with Crippen molar-refractivity contribution in [3.8, 4) is 0 Å². The molecule has 4 heteroatoms. The number of allylic oxidation sites excluding steroid dienone is 7. The molecule has 0 aliphatic heterocycles. The molecule has 2 aliphatic rings. The van der Waals surface area contributed by atoms with Crippen molar-refractivity contribution in [2.75, 3.05) is 0 Å². The molecule has 3 nitrogen and oxygen atoms in total. The number of hydrogen-bond acceptors (Lipinski definition) is 2. The van der Waals surface area contributed by atoms with Crippen LogP contribution in [0.2, 0.25) is 0 Å². The van der Waals surface area contributed by atoms with Crippen LogP contribution in [-0.4, -0.2) is 13.0 Å². The fourth-order valence-electron chi connectivity index (χ4n) is 2.81. The SMILES string of the molecule is CC1=CC2=C(C)C(c3ccccc3)=C(S(=O)(=O)O)C2=C1. The number of hydrogen-bond donors (Lipinski definition) is 1. The van der Waals surface area contributed by atoms with Crippen molar-refractivity contribution < 1.29 is 13.0 Å². The summed E-state index contributed by atoms with van der Waals surface area (Å²) in [6.45, 7) is 3.80. The lowest BCUT2D eigenvalue weighted by atomic mass is 10.0. The van der Waals surface area contributed by atoms with Crippen molar-refractivity contribution in [3.05, 3.63) is 75.2 Å². The van der Waals surface area contributed by atoms with Crippen molar-refractivity contribution >= 4 is 15.7 Å². The summed E-state index contributed by atoms with van der Waals surface area (Å²) in [5.41, 5.74) is 4.74. The predicted molar refractivity (Wildman–Crippen MR) is 79.5 cm³/mol. The van der Waals surface area contributed by atoms with E-state index < -0.39 is 10.1 Å². The fourth-order valence-corrected chi connectivity index (χ4v) is 3.79. The molecule has 0 amide bonds. The van der Waals surface area contributed by atoms with Crippen molar-refractivity contribution in [1.82, 2.24) is 0 Å². The maximum Gasteiger partial charge on any atom is 0.295 e. The minimum atomic E-state index is -4.27. The zero-order valence-electron chi connectivity index (χ0n) is 11.2. The molecule has 0 spiro atoms. The summed E-state index contributed by atoms with van der Waals surface area (Å²) >= 11 is 0. The van der Waals surface area contributed by atoms with Gasteiger partial charge >= 0.3 is 0 Å². The van der Waals surface area contributed by atoms with Gasteiger partial charge in [-0.1, -0.05) is 36.4 Å². The maximum absolute atomic E-state index is 11.8. The molecule has 2 aliphatic carbocycles. The van der Waals surface area contributed by atoms with Gasteiger partial charge in [0.1, 0.15) is 4.91 Å². The molecule has 1 N–H and O–H groups in total. The van der Waals surface area contributed by atoms with Crippen LogP contribution in [0.15, 0.2) is 69.7 Å². The summed E-state index contributed by atoms with van der Waals surface area (Å²) in [6.07, 6.45) is 3.75. The molecule has 1 aromatic rings. The highest BCUT2D eigenvalue weighted by Crippen LogP contribution is 2.47. The van der Waals surface area contributed by atoms with Crippen LogP contribution in [0, 0.1) is 0 Å². The third-order valence-electron chi connectivity index (χ3n) is 3.61. The Morgan fingerprint density at radius 3 is 2.25 bits per heavy atom. The molecular formula is C16H14O3S. The van der Waals surface area contributed by atoms with E-state index in [1.54, 1.807) is 6.08 Å². The van der Waals surface area contributed by atoms with Crippen LogP contribution in [0.3, 0.4) is 0 Å². The van der Waals surface area contributed by atoms with Crippen LogP contribution in [0.4, 0.5) is 0 Å². The van der Waals surface area contributed by atoms with Crippen LogP contribution < -0.4 is 0 Å². The highest BCUT2D eigenvalue weighted by Gasteiger charge is 2.35. The Bertz CT molecular complexity index is 820. The fraction of sp³-hybridized carbons (Fsp3) is 0.125. The number of rotatable bonds is 2. The van der Waals surface area contributed by atoms with Crippen LogP contribution in [0.5, 0.6) is 0 Å². The molecule has 3 rings (SSSR count). The normalized spacial score (nSPS) is 18.4. The molecule has 0 saturated carbocycles. The van der Waals surface area contributed by atoms with E-state index in [4.69, 9.17) is 0 Å². The molecule has 0 fully saturated rings. The Morgan fingerprint density at radius 2 is 1.65 bits per heavy atom. The van der Waals surface area contributed by atoms with Gasteiger partial charge in [-0.05, 0) is 42.2 Å². The molecule has 0 aromatic heterocycles. The first-order valence-electron chi connectivity index (χ1n) is 6.29. The third kappa shape index (κ3) is 1.88. The summed E-state index contributed by atoms with van der Waals surface area (Å²) in [6, 6.07) is 9.28. The lowest BCUT2D eigenvalue weighted by molar-refractivity contribution is 0.492. The third-order valence-corrected chi connectivity index (χ3v) is 4.55. The highest BCUT2D eigenvalue weighted by atomic mass is 32.2. The van der Waals surface area contributed by atoms with Crippen molar-refractivity contribution in [2.24, 2.45) is 0 Å². The van der Waals surface area contributed by atoms with E-state index in [1.807, 2.05) is 50.3 Å². The zero-order chi connectivity index (χ0) is 14.5. The van der Waals surface area contributed by atoms with Crippen molar-refractivity contribution in [3.63, 3.8) is 0 Å². The van der Waals surface area contributed by atoms with E-state index >= 15 is 0 Å². The van der Waals surface area contributed by atoms with E-state index in [1.165, 1.54) is 0 Å². The van der Waals surface area contributed by atoms with E-state index in [2.05, 4.69) is 0 Å². The second-order valence-corrected chi connectivity index (χ2v) is 6.39. The summed E-state index contributed by atoms with van der Waals surface area (Å²) in [5.74, 6) is 0. The quantitative estimate of drug-likeness (QED) is 0.847. The van der Waals surface area contributed by atoms with Gasteiger partial charge in [-0.2, -0.15) is 8.42 Å². The molecule has 0 radical (unpaired) electrons. The van der Waals surface area contributed by atoms with Gasteiger partial charge in [-0.25, -0.2) is 0 Å². The molecule has 0 heterocycles. The minimum Gasteiger partial charge on any atom is -0.282 e.